The Hall–Kier alpha value is -2.90. The zero-order valence-electron chi connectivity index (χ0n) is 10.6. The maximum atomic E-state index is 12.2. The van der Waals surface area contributed by atoms with Crippen LogP contribution in [0, 0.1) is 10.1 Å². The molecule has 0 saturated heterocycles. The summed E-state index contributed by atoms with van der Waals surface area (Å²) in [6.45, 7) is 2.02. The Morgan fingerprint density at radius 3 is 2.95 bits per heavy atom. The van der Waals surface area contributed by atoms with Crippen LogP contribution in [-0.2, 0) is 0 Å². The molecule has 0 fully saturated rings. The molecule has 8 nitrogen and oxygen atoms in total. The number of ether oxygens (including phenoxy) is 1. The van der Waals surface area contributed by atoms with Crippen molar-refractivity contribution in [3.63, 3.8) is 0 Å². The summed E-state index contributed by atoms with van der Waals surface area (Å²) >= 11 is 0. The van der Waals surface area contributed by atoms with E-state index in [1.807, 2.05) is 0 Å². The highest BCUT2D eigenvalue weighted by Crippen LogP contribution is 2.28. The number of aromatic amines is 1. The summed E-state index contributed by atoms with van der Waals surface area (Å²) in [4.78, 5) is 29.1. The van der Waals surface area contributed by atoms with Gasteiger partial charge >= 0.3 is 0 Å². The fraction of sp³-hybridized carbons (Fsp3) is 0.167. The molecule has 0 saturated carbocycles. The number of nitrogens with zero attached hydrogens (tertiary/aromatic N) is 2. The second-order valence-corrected chi connectivity index (χ2v) is 3.73. The van der Waals surface area contributed by atoms with Crippen molar-refractivity contribution in [3.05, 3.63) is 46.3 Å². The van der Waals surface area contributed by atoms with Crippen LogP contribution in [0.1, 0.15) is 17.3 Å². The first-order valence-electron chi connectivity index (χ1n) is 5.84. The summed E-state index contributed by atoms with van der Waals surface area (Å²) in [5.41, 5.74) is -0.448. The molecule has 0 radical (unpaired) electrons. The van der Waals surface area contributed by atoms with Crippen LogP contribution in [0.15, 0.2) is 30.6 Å². The zero-order chi connectivity index (χ0) is 14.5. The van der Waals surface area contributed by atoms with Crippen molar-refractivity contribution in [2.24, 2.45) is 0 Å². The van der Waals surface area contributed by atoms with Crippen molar-refractivity contribution in [2.75, 3.05) is 11.9 Å². The fourth-order valence-electron chi connectivity index (χ4n) is 1.68. The van der Waals surface area contributed by atoms with Crippen LogP contribution >= 0.6 is 0 Å². The lowest BCUT2D eigenvalue weighted by Crippen LogP contribution is -2.16. The number of H-pyrrole nitrogens is 1. The summed E-state index contributed by atoms with van der Waals surface area (Å²) in [6.07, 6.45) is 2.98. The lowest BCUT2D eigenvalue weighted by molar-refractivity contribution is -0.385. The number of nitro groups is 1. The molecule has 20 heavy (non-hydrogen) atoms. The van der Waals surface area contributed by atoms with Crippen LogP contribution in [0.5, 0.6) is 5.75 Å². The molecule has 1 heterocycles. The van der Waals surface area contributed by atoms with Gasteiger partial charge in [0.2, 0.25) is 5.95 Å². The number of anilines is 1. The third-order valence-corrected chi connectivity index (χ3v) is 2.46. The van der Waals surface area contributed by atoms with Gasteiger partial charge in [-0.1, -0.05) is 6.07 Å². The van der Waals surface area contributed by atoms with Crippen LogP contribution in [0.2, 0.25) is 0 Å². The van der Waals surface area contributed by atoms with Crippen molar-refractivity contribution in [1.29, 1.82) is 0 Å². The second kappa shape index (κ2) is 5.83. The number of benzene rings is 1. The third kappa shape index (κ3) is 2.74. The Bertz CT molecular complexity index is 624. The molecule has 0 aliphatic carbocycles. The van der Waals surface area contributed by atoms with Gasteiger partial charge in [-0.3, -0.25) is 20.2 Å². The first kappa shape index (κ1) is 13.5. The molecule has 0 spiro atoms. The van der Waals surface area contributed by atoms with Crippen LogP contribution < -0.4 is 10.1 Å². The van der Waals surface area contributed by atoms with E-state index in [4.69, 9.17) is 4.74 Å². The molecule has 2 aromatic rings. The Balaban J connectivity index is 2.41. The highest BCUT2D eigenvalue weighted by molar-refractivity contribution is 6.08. The zero-order valence-corrected chi connectivity index (χ0v) is 10.6. The number of nitrogens with one attached hydrogen (secondary N) is 2. The monoisotopic (exact) mass is 276 g/mol. The van der Waals surface area contributed by atoms with Gasteiger partial charge in [-0.05, 0) is 13.0 Å². The Kier molecular flexibility index (Phi) is 3.94. The normalized spacial score (nSPS) is 10.1. The van der Waals surface area contributed by atoms with Gasteiger partial charge in [0, 0.05) is 18.5 Å². The molecular formula is C12H12N4O4. The van der Waals surface area contributed by atoms with E-state index in [0.29, 0.717) is 6.61 Å². The molecule has 0 unspecified atom stereocenters. The van der Waals surface area contributed by atoms with Gasteiger partial charge in [-0.25, -0.2) is 4.98 Å². The lowest BCUT2D eigenvalue weighted by atomic mass is 10.1. The van der Waals surface area contributed by atoms with Gasteiger partial charge in [-0.15, -0.1) is 0 Å². The molecule has 2 N–H and O–H groups in total. The van der Waals surface area contributed by atoms with Crippen molar-refractivity contribution in [1.82, 2.24) is 9.97 Å². The van der Waals surface area contributed by atoms with Crippen LogP contribution in [-0.4, -0.2) is 27.4 Å². The van der Waals surface area contributed by atoms with E-state index in [2.05, 4.69) is 15.3 Å². The summed E-state index contributed by atoms with van der Waals surface area (Å²) in [7, 11) is 0. The fourth-order valence-corrected chi connectivity index (χ4v) is 1.68. The van der Waals surface area contributed by atoms with Crippen LogP contribution in [0.3, 0.4) is 0 Å². The van der Waals surface area contributed by atoms with Gasteiger partial charge < -0.3 is 9.72 Å². The second-order valence-electron chi connectivity index (χ2n) is 3.73. The van der Waals surface area contributed by atoms with Gasteiger partial charge in [0.05, 0.1) is 11.5 Å². The van der Waals surface area contributed by atoms with Crippen molar-refractivity contribution < 1.29 is 14.5 Å². The number of amides is 1. The average Bonchev–Trinajstić information content (AvgIpc) is 2.91. The van der Waals surface area contributed by atoms with Gasteiger partial charge in [0.15, 0.2) is 5.56 Å². The van der Waals surface area contributed by atoms with Gasteiger partial charge in [-0.2, -0.15) is 0 Å². The minimum Gasteiger partial charge on any atom is -0.493 e. The number of hydrogen-bond donors (Lipinski definition) is 2. The predicted octanol–water partition coefficient (Wildman–Crippen LogP) is 1.97. The maximum Gasteiger partial charge on any atom is 0.285 e. The minimum atomic E-state index is -0.657. The quantitative estimate of drug-likeness (QED) is 0.640. The molecule has 0 aliphatic rings. The van der Waals surface area contributed by atoms with E-state index >= 15 is 0 Å². The van der Waals surface area contributed by atoms with Crippen molar-refractivity contribution in [3.8, 4) is 5.75 Å². The van der Waals surface area contributed by atoms with E-state index in [-0.39, 0.29) is 22.9 Å². The Labute approximate surface area is 113 Å². The number of nitro benzene ring substituents is 1. The lowest BCUT2D eigenvalue weighted by Gasteiger charge is -2.09. The molecule has 0 bridgehead atoms. The van der Waals surface area contributed by atoms with E-state index in [9.17, 15) is 14.9 Å². The number of carbonyl (C=O) groups excluding carboxylic acids is 1. The summed E-state index contributed by atoms with van der Waals surface area (Å²) < 4.78 is 5.27. The maximum absolute atomic E-state index is 12.2. The molecule has 0 aliphatic heterocycles. The van der Waals surface area contributed by atoms with Gasteiger partial charge in [0.1, 0.15) is 5.75 Å². The molecule has 0 atom stereocenters. The van der Waals surface area contributed by atoms with E-state index in [1.54, 1.807) is 6.92 Å². The molecular weight excluding hydrogens is 264 g/mol. The Morgan fingerprint density at radius 2 is 2.35 bits per heavy atom. The summed E-state index contributed by atoms with van der Waals surface area (Å²) in [6, 6.07) is 4.22. The smallest absolute Gasteiger partial charge is 0.285 e. The van der Waals surface area contributed by atoms with E-state index in [1.165, 1.54) is 30.6 Å². The number of imidazole rings is 1. The summed E-state index contributed by atoms with van der Waals surface area (Å²) in [5.74, 6) is -0.294. The molecule has 2 rings (SSSR count). The van der Waals surface area contributed by atoms with E-state index in [0.717, 1.165) is 0 Å². The van der Waals surface area contributed by atoms with Crippen LogP contribution in [0.25, 0.3) is 0 Å². The standard InChI is InChI=1S/C12H12N4O4/c1-2-20-9-5-3-4-8(16(18)19)10(9)11(17)15-12-13-6-7-14-12/h3-7H,2H2,1H3,(H2,13,14,15,17). The first-order valence-corrected chi connectivity index (χ1v) is 5.84. The van der Waals surface area contributed by atoms with Crippen LogP contribution in [0.4, 0.5) is 11.6 Å². The minimum absolute atomic E-state index is 0.129. The first-order chi connectivity index (χ1) is 9.63. The van der Waals surface area contributed by atoms with E-state index < -0.39 is 10.8 Å². The molecule has 1 aromatic heterocycles. The average molecular weight is 276 g/mol. The number of rotatable bonds is 5. The third-order valence-electron chi connectivity index (χ3n) is 2.46. The highest BCUT2D eigenvalue weighted by Gasteiger charge is 2.25. The molecule has 1 amide bonds. The number of hydrogen-bond acceptors (Lipinski definition) is 5. The number of aromatic nitrogens is 2. The van der Waals surface area contributed by atoms with Gasteiger partial charge in [0.25, 0.3) is 11.6 Å². The molecule has 1 aromatic carbocycles. The molecule has 104 valence electrons. The summed E-state index contributed by atoms with van der Waals surface area (Å²) in [5, 5.41) is 13.5. The highest BCUT2D eigenvalue weighted by atomic mass is 16.6. The largest absolute Gasteiger partial charge is 0.493 e. The predicted molar refractivity (Wildman–Crippen MR) is 70.8 cm³/mol. The SMILES string of the molecule is CCOc1cccc([N+](=O)[O-])c1C(=O)Nc1ncc[nH]1. The number of carbonyl (C=O) groups is 1. The van der Waals surface area contributed by atoms with Crippen molar-refractivity contribution >= 4 is 17.5 Å². The van der Waals surface area contributed by atoms with Crippen molar-refractivity contribution in [2.45, 2.75) is 6.92 Å². The topological polar surface area (TPSA) is 110 Å². The molecule has 8 heteroatoms. The Morgan fingerprint density at radius 1 is 1.55 bits per heavy atom.